The molecule has 0 saturated carbocycles. The molecule has 3 atom stereocenters. The number of hydrogen-bond acceptors (Lipinski definition) is 5. The van der Waals surface area contributed by atoms with Crippen LogP contribution in [-0.2, 0) is 0 Å². The summed E-state index contributed by atoms with van der Waals surface area (Å²) in [6, 6.07) is 19.4. The van der Waals surface area contributed by atoms with Gasteiger partial charge in [-0.1, -0.05) is 47.6 Å². The largest absolute Gasteiger partial charge is 0.339 e. The number of benzene rings is 2. The molecule has 3 heterocycles. The fourth-order valence-corrected chi connectivity index (χ4v) is 4.92. The zero-order valence-corrected chi connectivity index (χ0v) is 15.7. The number of rotatable bonds is 3. The summed E-state index contributed by atoms with van der Waals surface area (Å²) in [6.45, 7) is 5.33. The summed E-state index contributed by atoms with van der Waals surface area (Å²) in [4.78, 5) is 4.88. The fraction of sp³-hybridized carbons (Fsp3) is 0.381. The SMILES string of the molecule is Cc1ccccc1[C@@H]1[C@@H]2CN(c3nnnn3-c3ccccc3)C[C@@H]2CN1C. The van der Waals surface area contributed by atoms with Crippen molar-refractivity contribution in [2.24, 2.45) is 11.8 Å². The van der Waals surface area contributed by atoms with E-state index in [4.69, 9.17) is 0 Å². The van der Waals surface area contributed by atoms with Crippen LogP contribution in [0.3, 0.4) is 0 Å². The summed E-state index contributed by atoms with van der Waals surface area (Å²) < 4.78 is 1.85. The van der Waals surface area contributed by atoms with Crippen molar-refractivity contribution in [3.63, 3.8) is 0 Å². The molecule has 0 spiro atoms. The fourth-order valence-electron chi connectivity index (χ4n) is 4.92. The summed E-state index contributed by atoms with van der Waals surface area (Å²) in [7, 11) is 2.26. The van der Waals surface area contributed by atoms with Gasteiger partial charge < -0.3 is 4.90 Å². The Hall–Kier alpha value is -2.73. The highest BCUT2D eigenvalue weighted by atomic mass is 15.6. The molecule has 1 aromatic heterocycles. The van der Waals surface area contributed by atoms with Gasteiger partial charge in [0.2, 0.25) is 5.95 Å². The van der Waals surface area contributed by atoms with Crippen LogP contribution in [-0.4, -0.2) is 51.8 Å². The van der Waals surface area contributed by atoms with Gasteiger partial charge in [0.15, 0.2) is 0 Å². The van der Waals surface area contributed by atoms with E-state index in [0.29, 0.717) is 17.9 Å². The van der Waals surface area contributed by atoms with Crippen molar-refractivity contribution in [2.75, 3.05) is 31.6 Å². The summed E-state index contributed by atoms with van der Waals surface area (Å²) in [5.41, 5.74) is 3.83. The summed E-state index contributed by atoms with van der Waals surface area (Å²) in [5, 5.41) is 12.5. The highest BCUT2D eigenvalue weighted by Gasteiger charge is 2.47. The van der Waals surface area contributed by atoms with E-state index in [9.17, 15) is 0 Å². The lowest BCUT2D eigenvalue weighted by Crippen LogP contribution is -2.30. The molecule has 0 unspecified atom stereocenters. The van der Waals surface area contributed by atoms with Gasteiger partial charge in [0.05, 0.1) is 5.69 Å². The number of anilines is 1. The lowest BCUT2D eigenvalue weighted by atomic mass is 9.88. The van der Waals surface area contributed by atoms with E-state index in [2.05, 4.69) is 63.6 Å². The molecule has 0 radical (unpaired) electrons. The zero-order valence-electron chi connectivity index (χ0n) is 15.7. The predicted molar refractivity (Wildman–Crippen MR) is 105 cm³/mol. The molecule has 3 aromatic rings. The van der Waals surface area contributed by atoms with E-state index in [-0.39, 0.29) is 0 Å². The first-order chi connectivity index (χ1) is 13.2. The summed E-state index contributed by atoms with van der Waals surface area (Å²) in [5.74, 6) is 2.08. The van der Waals surface area contributed by atoms with Crippen molar-refractivity contribution in [3.05, 3.63) is 65.7 Å². The summed E-state index contributed by atoms with van der Waals surface area (Å²) in [6.07, 6.45) is 0. The maximum Gasteiger partial charge on any atom is 0.250 e. The molecule has 6 heteroatoms. The topological polar surface area (TPSA) is 50.1 Å². The number of nitrogens with zero attached hydrogens (tertiary/aromatic N) is 6. The van der Waals surface area contributed by atoms with Gasteiger partial charge in [0.25, 0.3) is 0 Å². The Kier molecular flexibility index (Phi) is 3.93. The van der Waals surface area contributed by atoms with Crippen LogP contribution in [0.4, 0.5) is 5.95 Å². The molecule has 2 aliphatic rings. The molecule has 2 fully saturated rings. The molecular weight excluding hydrogens is 336 g/mol. The molecule has 0 bridgehead atoms. The van der Waals surface area contributed by atoms with E-state index in [0.717, 1.165) is 31.3 Å². The van der Waals surface area contributed by atoms with Gasteiger partial charge in [0, 0.05) is 31.6 Å². The molecule has 2 saturated heterocycles. The molecule has 2 aromatic carbocycles. The highest BCUT2D eigenvalue weighted by Crippen LogP contribution is 2.45. The van der Waals surface area contributed by atoms with Crippen LogP contribution in [0, 0.1) is 18.8 Å². The molecule has 0 N–H and O–H groups in total. The lowest BCUT2D eigenvalue weighted by Gasteiger charge is -2.28. The Labute approximate surface area is 159 Å². The van der Waals surface area contributed by atoms with Crippen molar-refractivity contribution in [3.8, 4) is 5.69 Å². The molecule has 6 nitrogen and oxygen atoms in total. The first kappa shape index (κ1) is 16.4. The smallest absolute Gasteiger partial charge is 0.250 e. The third-order valence-electron chi connectivity index (χ3n) is 6.14. The van der Waals surface area contributed by atoms with Gasteiger partial charge in [-0.05, 0) is 53.6 Å². The van der Waals surface area contributed by atoms with Crippen LogP contribution >= 0.6 is 0 Å². The first-order valence-corrected chi connectivity index (χ1v) is 9.57. The Morgan fingerprint density at radius 1 is 0.926 bits per heavy atom. The Bertz CT molecular complexity index is 937. The third-order valence-corrected chi connectivity index (χ3v) is 6.14. The van der Waals surface area contributed by atoms with E-state index >= 15 is 0 Å². The van der Waals surface area contributed by atoms with E-state index in [1.54, 1.807) is 0 Å². The maximum atomic E-state index is 4.35. The lowest BCUT2D eigenvalue weighted by molar-refractivity contribution is 0.278. The molecule has 5 rings (SSSR count). The highest BCUT2D eigenvalue weighted by molar-refractivity contribution is 5.43. The van der Waals surface area contributed by atoms with E-state index < -0.39 is 0 Å². The Morgan fingerprint density at radius 3 is 2.52 bits per heavy atom. The van der Waals surface area contributed by atoms with Gasteiger partial charge in [-0.25, -0.2) is 0 Å². The molecule has 0 amide bonds. The van der Waals surface area contributed by atoms with Crippen LogP contribution in [0.15, 0.2) is 54.6 Å². The monoisotopic (exact) mass is 360 g/mol. The average Bonchev–Trinajstić information content (AvgIpc) is 3.37. The van der Waals surface area contributed by atoms with Gasteiger partial charge in [-0.2, -0.15) is 4.68 Å². The first-order valence-electron chi connectivity index (χ1n) is 9.57. The van der Waals surface area contributed by atoms with Crippen LogP contribution in [0.5, 0.6) is 0 Å². The number of tetrazole rings is 1. The minimum Gasteiger partial charge on any atom is -0.339 e. The van der Waals surface area contributed by atoms with Crippen molar-refractivity contribution in [1.82, 2.24) is 25.1 Å². The van der Waals surface area contributed by atoms with Crippen LogP contribution in [0.25, 0.3) is 5.69 Å². The van der Waals surface area contributed by atoms with Crippen LogP contribution in [0.1, 0.15) is 17.2 Å². The average molecular weight is 360 g/mol. The number of aryl methyl sites for hydroxylation is 1. The normalized spacial score (nSPS) is 25.1. The van der Waals surface area contributed by atoms with Gasteiger partial charge in [0.1, 0.15) is 0 Å². The van der Waals surface area contributed by atoms with E-state index in [1.807, 2.05) is 35.0 Å². The summed E-state index contributed by atoms with van der Waals surface area (Å²) >= 11 is 0. The molecule has 0 aliphatic carbocycles. The Morgan fingerprint density at radius 2 is 1.70 bits per heavy atom. The second-order valence-electron chi connectivity index (χ2n) is 7.80. The predicted octanol–water partition coefficient (Wildman–Crippen LogP) is 2.71. The molecule has 2 aliphatic heterocycles. The van der Waals surface area contributed by atoms with Crippen molar-refractivity contribution < 1.29 is 0 Å². The van der Waals surface area contributed by atoms with Crippen molar-refractivity contribution >= 4 is 5.95 Å². The number of fused-ring (bicyclic) bond motifs is 1. The Balaban J connectivity index is 1.44. The third kappa shape index (κ3) is 2.72. The quantitative estimate of drug-likeness (QED) is 0.719. The maximum absolute atomic E-state index is 4.35. The minimum absolute atomic E-state index is 0.460. The van der Waals surface area contributed by atoms with Gasteiger partial charge in [-0.15, -0.1) is 0 Å². The molecule has 138 valence electrons. The van der Waals surface area contributed by atoms with Crippen molar-refractivity contribution in [2.45, 2.75) is 13.0 Å². The number of para-hydroxylation sites is 1. The van der Waals surface area contributed by atoms with E-state index in [1.165, 1.54) is 11.1 Å². The second-order valence-corrected chi connectivity index (χ2v) is 7.80. The number of hydrogen-bond donors (Lipinski definition) is 0. The van der Waals surface area contributed by atoms with Crippen LogP contribution < -0.4 is 4.90 Å². The molecule has 27 heavy (non-hydrogen) atoms. The molecular formula is C21H24N6. The van der Waals surface area contributed by atoms with Crippen LogP contribution in [0.2, 0.25) is 0 Å². The van der Waals surface area contributed by atoms with Crippen molar-refractivity contribution in [1.29, 1.82) is 0 Å². The second kappa shape index (κ2) is 6.46. The van der Waals surface area contributed by atoms with Gasteiger partial charge in [-0.3, -0.25) is 4.90 Å². The number of aromatic nitrogens is 4. The van der Waals surface area contributed by atoms with Gasteiger partial charge >= 0.3 is 0 Å². The standard InChI is InChI=1S/C21H24N6/c1-15-8-6-7-11-18(15)20-19-14-26(13-16(19)12-25(20)2)21-22-23-24-27(21)17-9-4-3-5-10-17/h3-11,16,19-20H,12-14H2,1-2H3/t16-,19+,20+/m0/s1. The minimum atomic E-state index is 0.460. The number of likely N-dealkylation sites (tertiary alicyclic amines) is 1. The zero-order chi connectivity index (χ0) is 18.4.